The molecular formula is C16H25N3OS. The molecule has 0 bridgehead atoms. The first-order chi connectivity index (χ1) is 9.97. The van der Waals surface area contributed by atoms with Crippen LogP contribution < -0.4 is 5.32 Å². The number of carbonyl (C=O) groups is 1. The number of amides is 1. The first-order valence-corrected chi connectivity index (χ1v) is 8.70. The van der Waals surface area contributed by atoms with Crippen molar-refractivity contribution in [2.45, 2.75) is 64.6 Å². The van der Waals surface area contributed by atoms with Gasteiger partial charge in [0, 0.05) is 17.4 Å². The lowest BCUT2D eigenvalue weighted by atomic mass is 9.86. The van der Waals surface area contributed by atoms with Crippen LogP contribution in [0, 0.1) is 26.7 Å². The fraction of sp³-hybridized carbons (Fsp3) is 0.688. The maximum atomic E-state index is 12.1. The predicted molar refractivity (Wildman–Crippen MR) is 86.5 cm³/mol. The number of nitrogens with zero attached hydrogens (tertiary/aromatic N) is 2. The van der Waals surface area contributed by atoms with Gasteiger partial charge in [0.05, 0.1) is 5.75 Å². The highest BCUT2D eigenvalue weighted by Gasteiger charge is 2.22. The van der Waals surface area contributed by atoms with Crippen molar-refractivity contribution < 1.29 is 4.79 Å². The van der Waals surface area contributed by atoms with E-state index in [1.165, 1.54) is 31.0 Å². The normalized spacial score (nSPS) is 22.1. The Morgan fingerprint density at radius 3 is 2.43 bits per heavy atom. The summed E-state index contributed by atoms with van der Waals surface area (Å²) in [5.41, 5.74) is 3.11. The molecule has 0 saturated heterocycles. The molecule has 0 radical (unpaired) electrons. The molecule has 21 heavy (non-hydrogen) atoms. The molecule has 0 aromatic carbocycles. The number of hydrogen-bond acceptors (Lipinski definition) is 4. The average molecular weight is 307 g/mol. The molecule has 0 spiro atoms. The molecule has 0 unspecified atom stereocenters. The Kier molecular flexibility index (Phi) is 5.62. The van der Waals surface area contributed by atoms with Crippen LogP contribution >= 0.6 is 11.8 Å². The Morgan fingerprint density at radius 1 is 1.19 bits per heavy atom. The van der Waals surface area contributed by atoms with Crippen LogP contribution in [0.4, 0.5) is 0 Å². The minimum Gasteiger partial charge on any atom is -0.352 e. The Hall–Kier alpha value is -1.10. The van der Waals surface area contributed by atoms with E-state index in [4.69, 9.17) is 0 Å². The van der Waals surface area contributed by atoms with Gasteiger partial charge in [-0.05, 0) is 45.1 Å². The van der Waals surface area contributed by atoms with E-state index in [1.54, 1.807) is 0 Å². The fourth-order valence-electron chi connectivity index (χ4n) is 2.72. The highest BCUT2D eigenvalue weighted by molar-refractivity contribution is 7.99. The third-order valence-electron chi connectivity index (χ3n) is 4.40. The first-order valence-electron chi connectivity index (χ1n) is 7.71. The van der Waals surface area contributed by atoms with Crippen LogP contribution in [0.2, 0.25) is 0 Å². The molecule has 0 aliphatic heterocycles. The van der Waals surface area contributed by atoms with Crippen LogP contribution in [0.1, 0.15) is 49.6 Å². The van der Waals surface area contributed by atoms with Crippen LogP contribution in [0.3, 0.4) is 0 Å². The van der Waals surface area contributed by atoms with Crippen LogP contribution in [-0.2, 0) is 4.79 Å². The van der Waals surface area contributed by atoms with Gasteiger partial charge >= 0.3 is 0 Å². The highest BCUT2D eigenvalue weighted by Crippen LogP contribution is 2.24. The Bertz CT molecular complexity index is 495. The monoisotopic (exact) mass is 307 g/mol. The lowest BCUT2D eigenvalue weighted by molar-refractivity contribution is -0.119. The summed E-state index contributed by atoms with van der Waals surface area (Å²) in [6, 6.07) is 0.342. The lowest BCUT2D eigenvalue weighted by Crippen LogP contribution is -2.41. The van der Waals surface area contributed by atoms with Crippen molar-refractivity contribution in [2.24, 2.45) is 5.92 Å². The van der Waals surface area contributed by atoms with E-state index in [0.717, 1.165) is 23.4 Å². The average Bonchev–Trinajstić information content (AvgIpc) is 2.45. The van der Waals surface area contributed by atoms with Crippen molar-refractivity contribution in [1.82, 2.24) is 15.3 Å². The summed E-state index contributed by atoms with van der Waals surface area (Å²) in [5, 5.41) is 3.86. The molecule has 116 valence electrons. The zero-order valence-corrected chi connectivity index (χ0v) is 14.2. The summed E-state index contributed by atoms with van der Waals surface area (Å²) >= 11 is 1.42. The molecule has 1 saturated carbocycles. The van der Waals surface area contributed by atoms with E-state index in [0.29, 0.717) is 22.9 Å². The van der Waals surface area contributed by atoms with Crippen LogP contribution in [0.5, 0.6) is 0 Å². The molecule has 1 aliphatic carbocycles. The maximum Gasteiger partial charge on any atom is 0.230 e. The van der Waals surface area contributed by atoms with Gasteiger partial charge < -0.3 is 5.32 Å². The zero-order valence-electron chi connectivity index (χ0n) is 13.4. The topological polar surface area (TPSA) is 54.9 Å². The van der Waals surface area contributed by atoms with Crippen molar-refractivity contribution in [1.29, 1.82) is 0 Å². The SMILES string of the molecule is Cc1nc(SCC(=O)N[C@@H]2CCCC[C@@H]2C)nc(C)c1C. The van der Waals surface area contributed by atoms with E-state index >= 15 is 0 Å². The van der Waals surface area contributed by atoms with Crippen molar-refractivity contribution in [2.75, 3.05) is 5.75 Å². The van der Waals surface area contributed by atoms with Crippen LogP contribution in [-0.4, -0.2) is 27.7 Å². The maximum absolute atomic E-state index is 12.1. The largest absolute Gasteiger partial charge is 0.352 e. The Morgan fingerprint density at radius 2 is 1.81 bits per heavy atom. The molecule has 1 aromatic heterocycles. The molecule has 1 aliphatic rings. The molecule has 1 aromatic rings. The number of aryl methyl sites for hydroxylation is 2. The van der Waals surface area contributed by atoms with Crippen molar-refractivity contribution in [3.05, 3.63) is 17.0 Å². The molecule has 1 amide bonds. The molecule has 4 nitrogen and oxygen atoms in total. The molecular weight excluding hydrogens is 282 g/mol. The smallest absolute Gasteiger partial charge is 0.230 e. The lowest BCUT2D eigenvalue weighted by Gasteiger charge is -2.29. The van der Waals surface area contributed by atoms with Gasteiger partial charge in [0.25, 0.3) is 0 Å². The number of rotatable bonds is 4. The third kappa shape index (κ3) is 4.43. The summed E-state index contributed by atoms with van der Waals surface area (Å²) in [4.78, 5) is 21.0. The van der Waals surface area contributed by atoms with Gasteiger partial charge in [0.15, 0.2) is 5.16 Å². The summed E-state index contributed by atoms with van der Waals surface area (Å²) in [7, 11) is 0. The van der Waals surface area contributed by atoms with Gasteiger partial charge in [-0.1, -0.05) is 31.5 Å². The summed E-state index contributed by atoms with van der Waals surface area (Å²) < 4.78 is 0. The summed E-state index contributed by atoms with van der Waals surface area (Å²) in [6.45, 7) is 8.22. The second kappa shape index (κ2) is 7.25. The zero-order chi connectivity index (χ0) is 15.4. The third-order valence-corrected chi connectivity index (χ3v) is 5.25. The molecule has 5 heteroatoms. The number of thioether (sulfide) groups is 1. The molecule has 1 heterocycles. The van der Waals surface area contributed by atoms with Gasteiger partial charge in [-0.3, -0.25) is 4.79 Å². The molecule has 2 atom stereocenters. The summed E-state index contributed by atoms with van der Waals surface area (Å²) in [6.07, 6.45) is 4.84. The second-order valence-corrected chi connectivity index (χ2v) is 6.97. The molecule has 2 rings (SSSR count). The number of hydrogen-bond donors (Lipinski definition) is 1. The quantitative estimate of drug-likeness (QED) is 0.685. The van der Waals surface area contributed by atoms with Crippen molar-refractivity contribution in [3.8, 4) is 0 Å². The van der Waals surface area contributed by atoms with E-state index in [-0.39, 0.29) is 5.91 Å². The Balaban J connectivity index is 1.86. The number of carbonyl (C=O) groups excluding carboxylic acids is 1. The first kappa shape index (κ1) is 16.3. The standard InChI is InChI=1S/C16H25N3OS/c1-10-7-5-6-8-14(10)19-15(20)9-21-16-17-12(3)11(2)13(4)18-16/h10,14H,5-9H2,1-4H3,(H,19,20)/t10-,14+/m0/s1. The van der Waals surface area contributed by atoms with E-state index in [2.05, 4.69) is 22.2 Å². The van der Waals surface area contributed by atoms with Gasteiger partial charge in [-0.25, -0.2) is 9.97 Å². The molecule has 1 N–H and O–H groups in total. The van der Waals surface area contributed by atoms with Gasteiger partial charge in [0.1, 0.15) is 0 Å². The minimum atomic E-state index is 0.0956. The van der Waals surface area contributed by atoms with Gasteiger partial charge in [-0.15, -0.1) is 0 Å². The number of aromatic nitrogens is 2. The van der Waals surface area contributed by atoms with E-state index in [9.17, 15) is 4.79 Å². The summed E-state index contributed by atoms with van der Waals surface area (Å²) in [5.74, 6) is 1.08. The molecule has 1 fully saturated rings. The van der Waals surface area contributed by atoms with Gasteiger partial charge in [0.2, 0.25) is 5.91 Å². The minimum absolute atomic E-state index is 0.0956. The number of nitrogens with one attached hydrogen (secondary N) is 1. The van der Waals surface area contributed by atoms with Gasteiger partial charge in [-0.2, -0.15) is 0 Å². The van der Waals surface area contributed by atoms with E-state index < -0.39 is 0 Å². The van der Waals surface area contributed by atoms with Crippen LogP contribution in [0.25, 0.3) is 0 Å². The Labute approximate surface area is 131 Å². The van der Waals surface area contributed by atoms with Crippen molar-refractivity contribution >= 4 is 17.7 Å². The fourth-order valence-corrected chi connectivity index (χ4v) is 3.46. The van der Waals surface area contributed by atoms with E-state index in [1.807, 2.05) is 20.8 Å². The second-order valence-electron chi connectivity index (χ2n) is 6.03. The predicted octanol–water partition coefficient (Wildman–Crippen LogP) is 3.19. The highest BCUT2D eigenvalue weighted by atomic mass is 32.2. The van der Waals surface area contributed by atoms with Crippen molar-refractivity contribution in [3.63, 3.8) is 0 Å². The van der Waals surface area contributed by atoms with Crippen LogP contribution in [0.15, 0.2) is 5.16 Å².